The van der Waals surface area contributed by atoms with Crippen LogP contribution in [0.3, 0.4) is 0 Å². The number of ether oxygens (including phenoxy) is 9. The number of amides is 1. The van der Waals surface area contributed by atoms with Crippen LogP contribution in [0.25, 0.3) is 10.4 Å². The number of carbonyl (C=O) groups excluding carboxylic acids is 5. The summed E-state index contributed by atoms with van der Waals surface area (Å²) in [5, 5.41) is 5.98. The van der Waals surface area contributed by atoms with Crippen LogP contribution in [-0.4, -0.2) is 128 Å². The molecule has 0 aromatic heterocycles. The van der Waals surface area contributed by atoms with Crippen LogP contribution in [0.15, 0.2) is 23.3 Å². The molecule has 0 aliphatic carbocycles. The van der Waals surface area contributed by atoms with E-state index in [9.17, 15) is 24.0 Å². The topological polar surface area (TPSA) is 238 Å². The molecule has 2 rings (SSSR count). The van der Waals surface area contributed by atoms with Crippen LogP contribution >= 0.6 is 0 Å². The lowest BCUT2D eigenvalue weighted by Gasteiger charge is -2.44. The van der Waals surface area contributed by atoms with E-state index < -0.39 is 69.5 Å². The van der Waals surface area contributed by atoms with Crippen molar-refractivity contribution in [3.63, 3.8) is 0 Å². The lowest BCUT2D eigenvalue weighted by molar-refractivity contribution is -0.288. The Morgan fingerprint density at radius 1 is 0.807 bits per heavy atom. The molecule has 57 heavy (non-hydrogen) atoms. The second-order valence-corrected chi connectivity index (χ2v) is 19.2. The highest BCUT2D eigenvalue weighted by Crippen LogP contribution is 2.42. The van der Waals surface area contributed by atoms with Crippen molar-refractivity contribution >= 4 is 38.1 Å². The molecule has 1 aromatic rings. The molecule has 0 bridgehead atoms. The third kappa shape index (κ3) is 18.1. The van der Waals surface area contributed by atoms with Gasteiger partial charge in [0.15, 0.2) is 18.0 Å². The lowest BCUT2D eigenvalue weighted by atomic mass is 9.98. The first kappa shape index (κ1) is 48.7. The van der Waals surface area contributed by atoms with Crippen LogP contribution in [0, 0.1) is 0 Å². The van der Waals surface area contributed by atoms with Gasteiger partial charge in [-0.05, 0) is 47.8 Å². The molecule has 1 fully saturated rings. The minimum absolute atomic E-state index is 0.169. The van der Waals surface area contributed by atoms with Crippen molar-refractivity contribution in [2.75, 3.05) is 59.3 Å². The van der Waals surface area contributed by atoms with Crippen LogP contribution < -0.4 is 14.5 Å². The van der Waals surface area contributed by atoms with Gasteiger partial charge in [0, 0.05) is 52.1 Å². The molecule has 1 aliphatic rings. The maximum atomic E-state index is 12.7. The fourth-order valence-corrected chi connectivity index (χ4v) is 6.04. The zero-order valence-electron chi connectivity index (χ0n) is 34.4. The quantitative estimate of drug-likeness (QED) is 0.0295. The molecule has 0 saturated carbocycles. The highest BCUT2D eigenvalue weighted by atomic mass is 28.4. The minimum Gasteiger partial charge on any atom is -0.541 e. The van der Waals surface area contributed by atoms with E-state index in [1.54, 1.807) is 18.2 Å². The number of carbonyl (C=O) groups is 5. The van der Waals surface area contributed by atoms with Crippen LogP contribution in [-0.2, 0) is 68.3 Å². The molecule has 5 atom stereocenters. The van der Waals surface area contributed by atoms with E-state index >= 15 is 0 Å². The fraction of sp³-hybridized carbons (Fsp3) is 0.703. The highest BCUT2D eigenvalue weighted by Gasteiger charge is 2.53. The minimum atomic E-state index is -2.52. The Labute approximate surface area is 334 Å². The number of nitrogens with zero attached hydrogens (tertiary/aromatic N) is 3. The smallest absolute Gasteiger partial charge is 0.303 e. The summed E-state index contributed by atoms with van der Waals surface area (Å²) < 4.78 is 57.2. The Hall–Kier alpha value is -4.46. The number of aryl methyl sites for hydroxylation is 1. The average Bonchev–Trinajstić information content (AvgIpc) is 3.10. The molecule has 0 unspecified atom stereocenters. The zero-order valence-corrected chi connectivity index (χ0v) is 35.4. The van der Waals surface area contributed by atoms with Crippen molar-refractivity contribution in [3.8, 4) is 11.5 Å². The van der Waals surface area contributed by atoms with E-state index in [0.717, 1.165) is 26.3 Å². The number of benzene rings is 1. The third-order valence-electron chi connectivity index (χ3n) is 8.72. The Kier molecular flexibility index (Phi) is 20.8. The van der Waals surface area contributed by atoms with Gasteiger partial charge in [0.2, 0.25) is 18.3 Å². The van der Waals surface area contributed by atoms with Crippen LogP contribution in [0.4, 0.5) is 0 Å². The number of nitrogens with one attached hydrogen (secondary N) is 1. The van der Waals surface area contributed by atoms with Crippen molar-refractivity contribution in [2.45, 2.75) is 110 Å². The van der Waals surface area contributed by atoms with Gasteiger partial charge in [-0.1, -0.05) is 32.0 Å². The van der Waals surface area contributed by atoms with E-state index in [1.165, 1.54) is 6.92 Å². The first-order valence-corrected chi connectivity index (χ1v) is 21.5. The molecular formula is C37H58N4O15Si. The molecule has 1 amide bonds. The number of rotatable bonds is 24. The van der Waals surface area contributed by atoms with Gasteiger partial charge in [-0.3, -0.25) is 24.0 Å². The van der Waals surface area contributed by atoms with Crippen LogP contribution in [0.2, 0.25) is 18.1 Å². The maximum absolute atomic E-state index is 12.7. The van der Waals surface area contributed by atoms with Crippen molar-refractivity contribution in [1.29, 1.82) is 0 Å². The SMILES string of the molecule is CC(=O)OC[C@H]1O[C@@H](Oc2ccc(CCC(=O)NCCOCCOCCOCCN=[N+]=[N-])cc2O[Si](C)(C)C(C)(C)C)[C@H](OC(C)=O)[C@@H](OC(C)=O)[C@H]1OC(C)=O. The predicted octanol–water partition coefficient (Wildman–Crippen LogP) is 3.94. The summed E-state index contributed by atoms with van der Waals surface area (Å²) in [5.74, 6) is -2.59. The summed E-state index contributed by atoms with van der Waals surface area (Å²) in [4.78, 5) is 63.9. The second kappa shape index (κ2) is 24.3. The predicted molar refractivity (Wildman–Crippen MR) is 205 cm³/mol. The lowest BCUT2D eigenvalue weighted by Crippen LogP contribution is -2.63. The number of hydrogen-bond acceptors (Lipinski definition) is 16. The van der Waals surface area contributed by atoms with E-state index in [-0.39, 0.29) is 29.7 Å². The third-order valence-corrected chi connectivity index (χ3v) is 13.1. The van der Waals surface area contributed by atoms with E-state index in [2.05, 4.69) is 36.1 Å². The Balaban J connectivity index is 2.21. The molecule has 1 N–H and O–H groups in total. The van der Waals surface area contributed by atoms with E-state index in [4.69, 9.17) is 52.6 Å². The Morgan fingerprint density at radius 3 is 1.96 bits per heavy atom. The Morgan fingerprint density at radius 2 is 1.39 bits per heavy atom. The van der Waals surface area contributed by atoms with Crippen molar-refractivity contribution in [3.05, 3.63) is 34.2 Å². The van der Waals surface area contributed by atoms with Gasteiger partial charge >= 0.3 is 23.9 Å². The largest absolute Gasteiger partial charge is 0.541 e. The molecule has 1 aromatic carbocycles. The summed E-state index contributed by atoms with van der Waals surface area (Å²) in [5.41, 5.74) is 9.00. The summed E-state index contributed by atoms with van der Waals surface area (Å²) >= 11 is 0. The van der Waals surface area contributed by atoms with Crippen molar-refractivity contribution in [1.82, 2.24) is 5.32 Å². The molecular weight excluding hydrogens is 769 g/mol. The first-order chi connectivity index (χ1) is 26.8. The van der Waals surface area contributed by atoms with E-state index in [1.807, 2.05) is 13.1 Å². The highest BCUT2D eigenvalue weighted by molar-refractivity contribution is 6.74. The zero-order chi connectivity index (χ0) is 42.6. The molecule has 1 aliphatic heterocycles. The molecule has 0 radical (unpaired) electrons. The van der Waals surface area contributed by atoms with Crippen LogP contribution in [0.1, 0.15) is 60.5 Å². The number of esters is 4. The van der Waals surface area contributed by atoms with Gasteiger partial charge in [0.05, 0.1) is 39.6 Å². The second-order valence-electron chi connectivity index (χ2n) is 14.5. The van der Waals surface area contributed by atoms with Crippen molar-refractivity contribution < 1.29 is 71.0 Å². The average molecular weight is 827 g/mol. The summed E-state index contributed by atoms with van der Waals surface area (Å²) in [6, 6.07) is 5.15. The summed E-state index contributed by atoms with van der Waals surface area (Å²) in [6.45, 7) is 17.1. The molecule has 19 nitrogen and oxygen atoms in total. The van der Waals surface area contributed by atoms with Crippen LogP contribution in [0.5, 0.6) is 11.5 Å². The molecule has 320 valence electrons. The standard InChI is InChI=1S/C37H58N4O15Si/c1-24(42)50-23-31-33(51-25(2)43)34(52-26(3)44)35(53-27(4)45)36(55-31)54-29-12-10-28(22-30(29)56-57(8,9)37(5,6)7)11-13-32(46)39-14-16-47-18-20-49-21-19-48-17-15-40-41-38/h10,12,22,31,33-36H,11,13-21,23H2,1-9H3,(H,39,46)/t31-,33+,34+,35-,36-/m1/s1. The summed E-state index contributed by atoms with van der Waals surface area (Å²) in [6.07, 6.45) is -6.33. The molecule has 1 heterocycles. The molecule has 20 heteroatoms. The van der Waals surface area contributed by atoms with Gasteiger partial charge in [-0.25, -0.2) is 0 Å². The maximum Gasteiger partial charge on any atom is 0.303 e. The van der Waals surface area contributed by atoms with Gasteiger partial charge in [-0.15, -0.1) is 0 Å². The van der Waals surface area contributed by atoms with E-state index in [0.29, 0.717) is 58.4 Å². The first-order valence-electron chi connectivity index (χ1n) is 18.6. The monoisotopic (exact) mass is 826 g/mol. The number of hydrogen-bond donors (Lipinski definition) is 1. The molecule has 0 spiro atoms. The van der Waals surface area contributed by atoms with Gasteiger partial charge in [-0.2, -0.15) is 0 Å². The normalized spacial score (nSPS) is 19.4. The summed E-state index contributed by atoms with van der Waals surface area (Å²) in [7, 11) is -2.52. The van der Waals surface area contributed by atoms with Gasteiger partial charge in [0.25, 0.3) is 8.32 Å². The Bertz CT molecular complexity index is 1530. The van der Waals surface area contributed by atoms with Gasteiger partial charge in [0.1, 0.15) is 18.5 Å². The number of azide groups is 1. The molecule has 1 saturated heterocycles. The van der Waals surface area contributed by atoms with Crippen molar-refractivity contribution in [2.24, 2.45) is 5.11 Å². The fourth-order valence-electron chi connectivity index (χ4n) is 5.02. The van der Waals surface area contributed by atoms with Gasteiger partial charge < -0.3 is 52.4 Å².